The van der Waals surface area contributed by atoms with Gasteiger partial charge in [-0.15, -0.1) is 0 Å². The Morgan fingerprint density at radius 3 is 2.53 bits per heavy atom. The van der Waals surface area contributed by atoms with Crippen LogP contribution in [0.4, 0.5) is 5.82 Å². The van der Waals surface area contributed by atoms with Gasteiger partial charge in [0, 0.05) is 18.8 Å². The van der Waals surface area contributed by atoms with Crippen LogP contribution in [0.2, 0.25) is 0 Å². The topological polar surface area (TPSA) is 54.9 Å². The molecule has 0 bridgehead atoms. The predicted octanol–water partition coefficient (Wildman–Crippen LogP) is 2.66. The Balaban J connectivity index is 1.90. The molecule has 0 aliphatic rings. The molecule has 1 N–H and O–H groups in total. The van der Waals surface area contributed by atoms with E-state index in [9.17, 15) is 4.79 Å². The van der Waals surface area contributed by atoms with Gasteiger partial charge in [-0.2, -0.15) is 0 Å². The standard InChI is InChI=1S/C15H17N3O/c1-11-7-12(2)9-13(8-11)3-4-15(19)18-14-10-16-5-6-17-14/h5-10H,3-4H2,1-2H3,(H,17,18,19). The highest BCUT2D eigenvalue weighted by Gasteiger charge is 2.04. The molecule has 0 aliphatic heterocycles. The molecule has 98 valence electrons. The van der Waals surface area contributed by atoms with Crippen LogP contribution in [0.1, 0.15) is 23.1 Å². The quantitative estimate of drug-likeness (QED) is 0.913. The van der Waals surface area contributed by atoms with Crippen LogP contribution in [0, 0.1) is 13.8 Å². The number of carbonyl (C=O) groups excluding carboxylic acids is 1. The Bertz CT molecular complexity index is 547. The maximum Gasteiger partial charge on any atom is 0.225 e. The second-order valence-corrected chi connectivity index (χ2v) is 4.63. The molecule has 1 amide bonds. The first-order valence-electron chi connectivity index (χ1n) is 6.26. The normalized spacial score (nSPS) is 10.2. The fraction of sp³-hybridized carbons (Fsp3) is 0.267. The number of rotatable bonds is 4. The van der Waals surface area contributed by atoms with Gasteiger partial charge in [0.15, 0.2) is 5.82 Å². The number of hydrogen-bond donors (Lipinski definition) is 1. The number of nitrogens with one attached hydrogen (secondary N) is 1. The first-order valence-corrected chi connectivity index (χ1v) is 6.26. The molecular weight excluding hydrogens is 238 g/mol. The van der Waals surface area contributed by atoms with E-state index in [0.717, 1.165) is 6.42 Å². The molecule has 0 saturated heterocycles. The Kier molecular flexibility index (Phi) is 4.23. The highest BCUT2D eigenvalue weighted by molar-refractivity contribution is 5.89. The zero-order valence-corrected chi connectivity index (χ0v) is 11.2. The van der Waals surface area contributed by atoms with Crippen molar-refractivity contribution in [1.82, 2.24) is 9.97 Å². The smallest absolute Gasteiger partial charge is 0.225 e. The minimum Gasteiger partial charge on any atom is -0.309 e. The van der Waals surface area contributed by atoms with E-state index in [2.05, 4.69) is 47.3 Å². The second-order valence-electron chi connectivity index (χ2n) is 4.63. The van der Waals surface area contributed by atoms with Gasteiger partial charge in [0.25, 0.3) is 0 Å². The van der Waals surface area contributed by atoms with E-state index in [1.165, 1.54) is 22.9 Å². The molecule has 0 aliphatic carbocycles. The summed E-state index contributed by atoms with van der Waals surface area (Å²) in [5, 5.41) is 2.73. The zero-order valence-electron chi connectivity index (χ0n) is 11.2. The summed E-state index contributed by atoms with van der Waals surface area (Å²) < 4.78 is 0. The lowest BCUT2D eigenvalue weighted by molar-refractivity contribution is -0.116. The monoisotopic (exact) mass is 255 g/mol. The number of aromatic nitrogens is 2. The fourth-order valence-corrected chi connectivity index (χ4v) is 2.04. The number of anilines is 1. The lowest BCUT2D eigenvalue weighted by atomic mass is 10.0. The van der Waals surface area contributed by atoms with Gasteiger partial charge < -0.3 is 5.32 Å². The molecule has 2 aromatic rings. The van der Waals surface area contributed by atoms with Crippen LogP contribution in [0.5, 0.6) is 0 Å². The van der Waals surface area contributed by atoms with Gasteiger partial charge in [0.2, 0.25) is 5.91 Å². The number of nitrogens with zero attached hydrogens (tertiary/aromatic N) is 2. The van der Waals surface area contributed by atoms with Gasteiger partial charge in [-0.25, -0.2) is 4.98 Å². The van der Waals surface area contributed by atoms with Crippen molar-refractivity contribution in [2.45, 2.75) is 26.7 Å². The van der Waals surface area contributed by atoms with Gasteiger partial charge in [0.05, 0.1) is 6.20 Å². The van der Waals surface area contributed by atoms with E-state index in [1.54, 1.807) is 12.4 Å². The Hall–Kier alpha value is -2.23. The Labute approximate surface area is 112 Å². The molecule has 0 atom stereocenters. The van der Waals surface area contributed by atoms with Gasteiger partial charge in [-0.3, -0.25) is 9.78 Å². The van der Waals surface area contributed by atoms with Crippen LogP contribution in [0.3, 0.4) is 0 Å². The predicted molar refractivity (Wildman–Crippen MR) is 74.9 cm³/mol. The second kappa shape index (κ2) is 6.09. The van der Waals surface area contributed by atoms with Crippen molar-refractivity contribution < 1.29 is 4.79 Å². The average molecular weight is 255 g/mol. The zero-order chi connectivity index (χ0) is 13.7. The van der Waals surface area contributed by atoms with E-state index in [1.807, 2.05) is 0 Å². The number of carbonyl (C=O) groups is 1. The first kappa shape index (κ1) is 13.2. The van der Waals surface area contributed by atoms with Gasteiger partial charge in [0.1, 0.15) is 0 Å². The number of amides is 1. The lowest BCUT2D eigenvalue weighted by Crippen LogP contribution is -2.13. The third kappa shape index (κ3) is 4.17. The van der Waals surface area contributed by atoms with Crippen molar-refractivity contribution in [1.29, 1.82) is 0 Å². The lowest BCUT2D eigenvalue weighted by Gasteiger charge is -2.06. The summed E-state index contributed by atoms with van der Waals surface area (Å²) in [4.78, 5) is 19.7. The minimum atomic E-state index is -0.0420. The van der Waals surface area contributed by atoms with Crippen LogP contribution in [-0.2, 0) is 11.2 Å². The van der Waals surface area contributed by atoms with Crippen molar-refractivity contribution in [2.75, 3.05) is 5.32 Å². The van der Waals surface area contributed by atoms with Gasteiger partial charge in [-0.1, -0.05) is 29.3 Å². The molecule has 4 nitrogen and oxygen atoms in total. The molecule has 0 saturated carbocycles. The van der Waals surface area contributed by atoms with Crippen LogP contribution >= 0.6 is 0 Å². The summed E-state index contributed by atoms with van der Waals surface area (Å²) in [5.41, 5.74) is 3.64. The van der Waals surface area contributed by atoms with Crippen LogP contribution < -0.4 is 5.32 Å². The molecule has 1 heterocycles. The number of aryl methyl sites for hydroxylation is 3. The molecule has 19 heavy (non-hydrogen) atoms. The summed E-state index contributed by atoms with van der Waals surface area (Å²) in [5.74, 6) is 0.451. The minimum absolute atomic E-state index is 0.0420. The molecule has 1 aromatic carbocycles. The summed E-state index contributed by atoms with van der Waals surface area (Å²) in [6.07, 6.45) is 5.84. The van der Waals surface area contributed by atoms with E-state index < -0.39 is 0 Å². The van der Waals surface area contributed by atoms with E-state index in [4.69, 9.17) is 0 Å². The van der Waals surface area contributed by atoms with Crippen molar-refractivity contribution in [3.63, 3.8) is 0 Å². The molecular formula is C15H17N3O. The third-order valence-corrected chi connectivity index (χ3v) is 2.75. The van der Waals surface area contributed by atoms with E-state index in [0.29, 0.717) is 12.2 Å². The highest BCUT2D eigenvalue weighted by Crippen LogP contribution is 2.11. The van der Waals surface area contributed by atoms with Crippen LogP contribution in [-0.4, -0.2) is 15.9 Å². The maximum absolute atomic E-state index is 11.8. The van der Waals surface area contributed by atoms with Crippen molar-refractivity contribution in [2.24, 2.45) is 0 Å². The van der Waals surface area contributed by atoms with Crippen molar-refractivity contribution in [3.05, 3.63) is 53.5 Å². The van der Waals surface area contributed by atoms with E-state index >= 15 is 0 Å². The van der Waals surface area contributed by atoms with Crippen molar-refractivity contribution >= 4 is 11.7 Å². The van der Waals surface area contributed by atoms with Crippen LogP contribution in [0.25, 0.3) is 0 Å². The third-order valence-electron chi connectivity index (χ3n) is 2.75. The molecule has 1 aromatic heterocycles. The summed E-state index contributed by atoms with van der Waals surface area (Å²) >= 11 is 0. The first-order chi connectivity index (χ1) is 9.13. The van der Waals surface area contributed by atoms with Gasteiger partial charge in [-0.05, 0) is 25.8 Å². The molecule has 0 fully saturated rings. The SMILES string of the molecule is Cc1cc(C)cc(CCC(=O)Nc2cnccn2)c1. The van der Waals surface area contributed by atoms with E-state index in [-0.39, 0.29) is 5.91 Å². The largest absolute Gasteiger partial charge is 0.309 e. The average Bonchev–Trinajstić information content (AvgIpc) is 2.36. The Morgan fingerprint density at radius 1 is 1.16 bits per heavy atom. The molecule has 2 rings (SSSR count). The Morgan fingerprint density at radius 2 is 1.89 bits per heavy atom. The van der Waals surface area contributed by atoms with Crippen molar-refractivity contribution in [3.8, 4) is 0 Å². The number of hydrogen-bond acceptors (Lipinski definition) is 3. The van der Waals surface area contributed by atoms with Crippen LogP contribution in [0.15, 0.2) is 36.8 Å². The summed E-state index contributed by atoms with van der Waals surface area (Å²) in [6, 6.07) is 6.36. The number of benzene rings is 1. The molecule has 0 radical (unpaired) electrons. The molecule has 4 heteroatoms. The molecule has 0 spiro atoms. The summed E-state index contributed by atoms with van der Waals surface area (Å²) in [7, 11) is 0. The molecule has 0 unspecified atom stereocenters. The van der Waals surface area contributed by atoms with Gasteiger partial charge >= 0.3 is 0 Å². The highest BCUT2D eigenvalue weighted by atomic mass is 16.1. The fourth-order valence-electron chi connectivity index (χ4n) is 2.04. The maximum atomic E-state index is 11.8. The summed E-state index contributed by atoms with van der Waals surface area (Å²) in [6.45, 7) is 4.13.